The van der Waals surface area contributed by atoms with Crippen LogP contribution in [0.2, 0.25) is 0 Å². The van der Waals surface area contributed by atoms with Crippen molar-refractivity contribution in [2.45, 2.75) is 32.7 Å². The number of anilines is 2. The molecule has 1 heterocycles. The highest BCUT2D eigenvalue weighted by Crippen LogP contribution is 2.24. The van der Waals surface area contributed by atoms with E-state index in [4.69, 9.17) is 12.2 Å². The van der Waals surface area contributed by atoms with Crippen molar-refractivity contribution >= 4 is 28.7 Å². The van der Waals surface area contributed by atoms with E-state index in [1.54, 1.807) is 12.1 Å². The van der Waals surface area contributed by atoms with E-state index in [2.05, 4.69) is 53.6 Å². The minimum absolute atomic E-state index is 0.0878. The summed E-state index contributed by atoms with van der Waals surface area (Å²) < 4.78 is 13.0. The van der Waals surface area contributed by atoms with Gasteiger partial charge >= 0.3 is 0 Å². The van der Waals surface area contributed by atoms with E-state index in [9.17, 15) is 4.39 Å². The molecule has 0 spiro atoms. The van der Waals surface area contributed by atoms with Gasteiger partial charge in [0.2, 0.25) is 0 Å². The van der Waals surface area contributed by atoms with Crippen LogP contribution in [-0.4, -0.2) is 18.2 Å². The number of piperidine rings is 1. The Balaban J connectivity index is 1.56. The second kappa shape index (κ2) is 8.49. The maximum atomic E-state index is 13.0. The first-order chi connectivity index (χ1) is 12.5. The van der Waals surface area contributed by atoms with Crippen LogP contribution in [0.1, 0.15) is 38.3 Å². The van der Waals surface area contributed by atoms with Crippen molar-refractivity contribution in [1.82, 2.24) is 5.32 Å². The van der Waals surface area contributed by atoms with Crippen LogP contribution in [0.15, 0.2) is 48.5 Å². The lowest BCUT2D eigenvalue weighted by molar-refractivity contribution is 0.447. The van der Waals surface area contributed by atoms with E-state index < -0.39 is 0 Å². The molecule has 1 fully saturated rings. The summed E-state index contributed by atoms with van der Waals surface area (Å²) in [5.41, 5.74) is 3.24. The lowest BCUT2D eigenvalue weighted by Gasteiger charge is -2.33. The molecule has 5 heteroatoms. The first kappa shape index (κ1) is 18.6. The third-order valence-electron chi connectivity index (χ3n) is 4.86. The van der Waals surface area contributed by atoms with Crippen LogP contribution < -0.4 is 15.5 Å². The van der Waals surface area contributed by atoms with Gasteiger partial charge in [0, 0.05) is 24.5 Å². The van der Waals surface area contributed by atoms with Gasteiger partial charge in [-0.15, -0.1) is 0 Å². The average molecular weight is 372 g/mol. The van der Waals surface area contributed by atoms with Crippen LogP contribution >= 0.6 is 12.2 Å². The van der Waals surface area contributed by atoms with E-state index in [1.807, 2.05) is 0 Å². The highest BCUT2D eigenvalue weighted by Gasteiger charge is 2.17. The molecule has 0 bridgehead atoms. The van der Waals surface area contributed by atoms with Gasteiger partial charge in [-0.2, -0.15) is 0 Å². The number of hydrogen-bond donors (Lipinski definition) is 2. The van der Waals surface area contributed by atoms with Crippen LogP contribution in [0.3, 0.4) is 0 Å². The Morgan fingerprint density at radius 1 is 1.15 bits per heavy atom. The van der Waals surface area contributed by atoms with Crippen LogP contribution in [-0.2, 0) is 0 Å². The fraction of sp³-hybridized carbons (Fsp3) is 0.381. The van der Waals surface area contributed by atoms with Gasteiger partial charge < -0.3 is 15.5 Å². The molecule has 0 aliphatic carbocycles. The zero-order chi connectivity index (χ0) is 18.5. The van der Waals surface area contributed by atoms with Crippen molar-refractivity contribution in [3.63, 3.8) is 0 Å². The van der Waals surface area contributed by atoms with Crippen molar-refractivity contribution < 1.29 is 4.39 Å². The van der Waals surface area contributed by atoms with Crippen molar-refractivity contribution in [3.05, 3.63) is 59.9 Å². The quantitative estimate of drug-likeness (QED) is 0.731. The molecule has 0 saturated carbocycles. The number of halogens is 1. The smallest absolute Gasteiger partial charge is 0.171 e. The molecular formula is C21H26FN3S. The maximum absolute atomic E-state index is 13.0. The molecule has 2 N–H and O–H groups in total. The first-order valence-electron chi connectivity index (χ1n) is 9.19. The van der Waals surface area contributed by atoms with Crippen LogP contribution in [0, 0.1) is 11.7 Å². The Kier molecular flexibility index (Phi) is 6.09. The van der Waals surface area contributed by atoms with Gasteiger partial charge in [-0.25, -0.2) is 4.39 Å². The van der Waals surface area contributed by atoms with E-state index in [1.165, 1.54) is 36.2 Å². The van der Waals surface area contributed by atoms with E-state index in [0.717, 1.165) is 24.7 Å². The summed E-state index contributed by atoms with van der Waals surface area (Å²) >= 11 is 5.36. The summed E-state index contributed by atoms with van der Waals surface area (Å²) in [7, 11) is 0. The minimum Gasteiger partial charge on any atom is -0.371 e. The first-order valence-corrected chi connectivity index (χ1v) is 9.60. The van der Waals surface area contributed by atoms with Crippen LogP contribution in [0.5, 0.6) is 0 Å². The normalized spacial score (nSPS) is 18.3. The summed E-state index contributed by atoms with van der Waals surface area (Å²) in [6.07, 6.45) is 2.60. The maximum Gasteiger partial charge on any atom is 0.171 e. The second-order valence-corrected chi connectivity index (χ2v) is 7.52. The fourth-order valence-electron chi connectivity index (χ4n) is 3.38. The Labute approximate surface area is 160 Å². The Morgan fingerprint density at radius 2 is 1.85 bits per heavy atom. The van der Waals surface area contributed by atoms with E-state index in [-0.39, 0.29) is 11.9 Å². The standard InChI is InChI=1S/C21H26FN3S/c1-15-4-3-13-25(14-15)20-11-5-17(6-12-20)16(2)23-21(26)24-19-9-7-18(22)8-10-19/h5-12,15-16H,3-4,13-14H2,1-2H3,(H2,23,24,26). The van der Waals surface area contributed by atoms with E-state index in [0.29, 0.717) is 5.11 Å². The molecule has 0 radical (unpaired) electrons. The average Bonchev–Trinajstić information content (AvgIpc) is 2.64. The van der Waals surface area contributed by atoms with Crippen LogP contribution in [0.25, 0.3) is 0 Å². The number of benzene rings is 2. The predicted octanol–water partition coefficient (Wildman–Crippen LogP) is 5.11. The summed E-state index contributed by atoms with van der Waals surface area (Å²) in [5.74, 6) is 0.505. The Morgan fingerprint density at radius 3 is 2.50 bits per heavy atom. The van der Waals surface area contributed by atoms with Crippen molar-refractivity contribution in [2.75, 3.05) is 23.3 Å². The lowest BCUT2D eigenvalue weighted by atomic mass is 9.99. The highest BCUT2D eigenvalue weighted by molar-refractivity contribution is 7.80. The Hall–Kier alpha value is -2.14. The van der Waals surface area contributed by atoms with Gasteiger partial charge in [0.25, 0.3) is 0 Å². The SMILES string of the molecule is CC1CCCN(c2ccc(C(C)NC(=S)Nc3ccc(F)cc3)cc2)C1. The number of nitrogens with zero attached hydrogens (tertiary/aromatic N) is 1. The molecule has 0 aromatic heterocycles. The highest BCUT2D eigenvalue weighted by atomic mass is 32.1. The van der Waals surface area contributed by atoms with E-state index >= 15 is 0 Å². The molecule has 26 heavy (non-hydrogen) atoms. The zero-order valence-electron chi connectivity index (χ0n) is 15.3. The lowest BCUT2D eigenvalue weighted by Crippen LogP contribution is -2.34. The van der Waals surface area contributed by atoms with Gasteiger partial charge in [0.15, 0.2) is 5.11 Å². The molecule has 3 rings (SSSR count). The number of hydrogen-bond acceptors (Lipinski definition) is 2. The third kappa shape index (κ3) is 4.94. The van der Waals surface area contributed by atoms with Gasteiger partial charge in [0.1, 0.15) is 5.82 Å². The summed E-state index contributed by atoms with van der Waals surface area (Å²) in [6.45, 7) is 6.68. The number of rotatable bonds is 4. The molecule has 2 aromatic rings. The van der Waals surface area contributed by atoms with Crippen molar-refractivity contribution in [3.8, 4) is 0 Å². The predicted molar refractivity (Wildman–Crippen MR) is 111 cm³/mol. The molecule has 1 aliphatic rings. The summed E-state index contributed by atoms with van der Waals surface area (Å²) in [6, 6.07) is 15.0. The molecule has 3 nitrogen and oxygen atoms in total. The molecule has 1 aliphatic heterocycles. The molecular weight excluding hydrogens is 345 g/mol. The molecule has 2 unspecified atom stereocenters. The third-order valence-corrected chi connectivity index (χ3v) is 5.08. The molecule has 0 amide bonds. The summed E-state index contributed by atoms with van der Waals surface area (Å²) in [4.78, 5) is 2.47. The minimum atomic E-state index is -0.258. The number of nitrogens with one attached hydrogen (secondary N) is 2. The van der Waals surface area contributed by atoms with Gasteiger partial charge in [-0.3, -0.25) is 0 Å². The van der Waals surface area contributed by atoms with Gasteiger partial charge in [-0.05, 0) is 79.9 Å². The molecule has 1 saturated heterocycles. The molecule has 138 valence electrons. The van der Waals surface area contributed by atoms with Crippen molar-refractivity contribution in [2.24, 2.45) is 5.92 Å². The van der Waals surface area contributed by atoms with Gasteiger partial charge in [-0.1, -0.05) is 19.1 Å². The Bertz CT molecular complexity index is 730. The molecule has 2 atom stereocenters. The topological polar surface area (TPSA) is 27.3 Å². The number of thiocarbonyl (C=S) groups is 1. The zero-order valence-corrected chi connectivity index (χ0v) is 16.2. The van der Waals surface area contributed by atoms with Crippen LogP contribution in [0.4, 0.5) is 15.8 Å². The fourth-order valence-corrected chi connectivity index (χ4v) is 3.67. The van der Waals surface area contributed by atoms with Gasteiger partial charge in [0.05, 0.1) is 6.04 Å². The second-order valence-electron chi connectivity index (χ2n) is 7.11. The van der Waals surface area contributed by atoms with Crippen molar-refractivity contribution in [1.29, 1.82) is 0 Å². The monoisotopic (exact) mass is 371 g/mol. The largest absolute Gasteiger partial charge is 0.371 e. The molecule has 2 aromatic carbocycles. The summed E-state index contributed by atoms with van der Waals surface area (Å²) in [5, 5.41) is 6.89.